The molecule has 0 bridgehead atoms. The highest BCUT2D eigenvalue weighted by atomic mass is 31.1. The predicted molar refractivity (Wildman–Crippen MR) is 168 cm³/mol. The van der Waals surface area contributed by atoms with Crippen LogP contribution in [0.3, 0.4) is 0 Å². The molecule has 0 unspecified atom stereocenters. The summed E-state index contributed by atoms with van der Waals surface area (Å²) in [5.74, 6) is 0. The van der Waals surface area contributed by atoms with Crippen LogP contribution in [-0.2, 0) is 0 Å². The van der Waals surface area contributed by atoms with E-state index in [1.807, 2.05) is 6.08 Å². The van der Waals surface area contributed by atoms with E-state index in [1.54, 1.807) is 0 Å². The lowest BCUT2D eigenvalue weighted by Crippen LogP contribution is -2.25. The zero-order valence-electron chi connectivity index (χ0n) is 21.8. The van der Waals surface area contributed by atoms with Crippen molar-refractivity contribution in [1.29, 1.82) is 0 Å². The van der Waals surface area contributed by atoms with Crippen LogP contribution in [0.2, 0.25) is 0 Å². The van der Waals surface area contributed by atoms with E-state index >= 15 is 0 Å². The molecule has 0 amide bonds. The van der Waals surface area contributed by atoms with Crippen molar-refractivity contribution in [2.75, 3.05) is 11.2 Å². The van der Waals surface area contributed by atoms with Crippen LogP contribution in [0.15, 0.2) is 142 Å². The second kappa shape index (κ2) is 9.27. The van der Waals surface area contributed by atoms with E-state index in [0.717, 1.165) is 32.7 Å². The van der Waals surface area contributed by atoms with Gasteiger partial charge in [0.1, 0.15) is 11.2 Å². The minimum absolute atomic E-state index is 0.0116. The highest BCUT2D eigenvalue weighted by Gasteiger charge is 2.35. The SMILES string of the molecule is C=CCN(C1c2ccccc2-c2ccccc21)p1oc2ccc3ccccc3c2c2c(ccc3ccccc32)o1. The zero-order chi connectivity index (χ0) is 26.6. The molecule has 4 heteroatoms. The van der Waals surface area contributed by atoms with Gasteiger partial charge in [-0.3, -0.25) is 0 Å². The summed E-state index contributed by atoms with van der Waals surface area (Å²) >= 11 is 0. The molecule has 0 fully saturated rings. The molecular weight excluding hydrogens is 509 g/mol. The van der Waals surface area contributed by atoms with Crippen molar-refractivity contribution in [3.63, 3.8) is 0 Å². The first-order valence-corrected chi connectivity index (χ1v) is 14.7. The molecule has 40 heavy (non-hydrogen) atoms. The van der Waals surface area contributed by atoms with Crippen LogP contribution in [0, 0.1) is 0 Å². The van der Waals surface area contributed by atoms with Crippen molar-refractivity contribution in [1.82, 2.24) is 0 Å². The minimum Gasteiger partial charge on any atom is -0.408 e. The topological polar surface area (TPSA) is 29.5 Å². The Hall–Kier alpha value is -4.56. The maximum absolute atomic E-state index is 6.97. The van der Waals surface area contributed by atoms with Crippen molar-refractivity contribution < 1.29 is 8.39 Å². The quantitative estimate of drug-likeness (QED) is 0.210. The first-order valence-electron chi connectivity index (χ1n) is 13.6. The molecular formula is C36H26NO2P. The molecule has 0 saturated carbocycles. The molecule has 1 heterocycles. The van der Waals surface area contributed by atoms with E-state index in [0.29, 0.717) is 6.54 Å². The lowest BCUT2D eigenvalue weighted by molar-refractivity contribution is 0.614. The largest absolute Gasteiger partial charge is 0.408 e. The lowest BCUT2D eigenvalue weighted by atomic mass is 9.99. The van der Waals surface area contributed by atoms with Crippen LogP contribution < -0.4 is 4.67 Å². The van der Waals surface area contributed by atoms with Gasteiger partial charge in [0.15, 0.2) is 0 Å². The fraction of sp³-hybridized carbons (Fsp3) is 0.0556. The molecule has 1 aliphatic rings. The monoisotopic (exact) mass is 535 g/mol. The third kappa shape index (κ3) is 3.49. The van der Waals surface area contributed by atoms with E-state index in [-0.39, 0.29) is 6.04 Å². The Morgan fingerprint density at radius 3 is 1.60 bits per heavy atom. The van der Waals surface area contributed by atoms with E-state index in [1.165, 1.54) is 33.0 Å². The Labute approximate surface area is 233 Å². The third-order valence-electron chi connectivity index (χ3n) is 8.01. The Bertz CT molecular complexity index is 2000. The highest BCUT2D eigenvalue weighted by Crippen LogP contribution is 2.51. The van der Waals surface area contributed by atoms with Crippen LogP contribution in [-0.4, -0.2) is 6.54 Å². The summed E-state index contributed by atoms with van der Waals surface area (Å²) in [5, 5.41) is 6.84. The molecule has 3 nitrogen and oxygen atoms in total. The summed E-state index contributed by atoms with van der Waals surface area (Å²) < 4.78 is 16.3. The van der Waals surface area contributed by atoms with Crippen LogP contribution >= 0.6 is 8.16 Å². The average molecular weight is 536 g/mol. The summed E-state index contributed by atoms with van der Waals surface area (Å²) in [5.41, 5.74) is 6.74. The average Bonchev–Trinajstić information content (AvgIpc) is 3.22. The summed E-state index contributed by atoms with van der Waals surface area (Å²) in [7, 11) is -1.55. The molecule has 0 aliphatic heterocycles. The molecule has 1 aromatic heterocycles. The van der Waals surface area contributed by atoms with Crippen LogP contribution in [0.1, 0.15) is 17.2 Å². The van der Waals surface area contributed by atoms with E-state index in [4.69, 9.17) is 8.39 Å². The first-order chi connectivity index (χ1) is 19.8. The summed E-state index contributed by atoms with van der Waals surface area (Å²) in [6, 6.07) is 42.9. The molecule has 0 spiro atoms. The van der Waals surface area contributed by atoms with Gasteiger partial charge < -0.3 is 8.39 Å². The van der Waals surface area contributed by atoms with Crippen molar-refractivity contribution >= 4 is 51.6 Å². The van der Waals surface area contributed by atoms with Gasteiger partial charge in [-0.25, -0.2) is 0 Å². The molecule has 0 atom stereocenters. The van der Waals surface area contributed by atoms with Gasteiger partial charge in [-0.2, -0.15) is 4.67 Å². The molecule has 0 radical (unpaired) electrons. The molecule has 0 N–H and O–H groups in total. The Kier molecular flexibility index (Phi) is 5.41. The normalized spacial score (nSPS) is 12.8. The number of rotatable bonds is 4. The van der Waals surface area contributed by atoms with Gasteiger partial charge in [-0.15, -0.1) is 6.58 Å². The van der Waals surface area contributed by atoms with Gasteiger partial charge in [0.2, 0.25) is 0 Å². The predicted octanol–water partition coefficient (Wildman–Crippen LogP) is 10.5. The van der Waals surface area contributed by atoms with Gasteiger partial charge in [0.25, 0.3) is 0 Å². The number of nitrogens with zero attached hydrogens (tertiary/aromatic N) is 1. The number of hydrogen-bond acceptors (Lipinski definition) is 3. The van der Waals surface area contributed by atoms with Gasteiger partial charge in [-0.05, 0) is 55.9 Å². The highest BCUT2D eigenvalue weighted by molar-refractivity contribution is 7.39. The molecule has 7 aromatic rings. The number of hydrogen-bond donors (Lipinski definition) is 0. The molecule has 1 aliphatic carbocycles. The fourth-order valence-electron chi connectivity index (χ4n) is 6.31. The van der Waals surface area contributed by atoms with Gasteiger partial charge in [0, 0.05) is 17.3 Å². The summed E-state index contributed by atoms with van der Waals surface area (Å²) in [6.07, 6.45) is 1.95. The molecule has 6 aromatic carbocycles. The molecule has 8 rings (SSSR count). The van der Waals surface area contributed by atoms with Crippen molar-refractivity contribution in [3.8, 4) is 11.1 Å². The Morgan fingerprint density at radius 2 is 1.07 bits per heavy atom. The van der Waals surface area contributed by atoms with Gasteiger partial charge in [0.05, 0.1) is 6.04 Å². The minimum atomic E-state index is -1.55. The van der Waals surface area contributed by atoms with Crippen LogP contribution in [0.5, 0.6) is 0 Å². The molecule has 192 valence electrons. The van der Waals surface area contributed by atoms with Crippen LogP contribution in [0.4, 0.5) is 0 Å². The van der Waals surface area contributed by atoms with E-state index < -0.39 is 8.16 Å². The standard InChI is InChI=1S/C36H26NO2P/c1-2-23-37(36-30-17-9-7-15-28(30)29-16-8-10-18-31(29)36)40-38-32-21-19-24-11-3-5-13-26(24)34(32)35-27-14-6-4-12-25(27)20-22-33(35)39-40/h2-22,36H,1,23H2. The molecule has 0 saturated heterocycles. The van der Waals surface area contributed by atoms with Gasteiger partial charge in [-0.1, -0.05) is 115 Å². The second-order valence-electron chi connectivity index (χ2n) is 10.2. The van der Waals surface area contributed by atoms with Crippen molar-refractivity contribution in [2.45, 2.75) is 6.04 Å². The number of benzene rings is 6. The number of fused-ring (bicyclic) bond motifs is 10. The second-order valence-corrected chi connectivity index (χ2v) is 11.6. The van der Waals surface area contributed by atoms with E-state index in [2.05, 4.69) is 133 Å². The third-order valence-corrected chi connectivity index (χ3v) is 9.53. The maximum atomic E-state index is 6.97. The van der Waals surface area contributed by atoms with Crippen LogP contribution in [0.25, 0.3) is 54.6 Å². The zero-order valence-corrected chi connectivity index (χ0v) is 22.7. The first kappa shape index (κ1) is 23.3. The van der Waals surface area contributed by atoms with Crippen molar-refractivity contribution in [3.05, 3.63) is 145 Å². The fourth-order valence-corrected chi connectivity index (χ4v) is 7.89. The van der Waals surface area contributed by atoms with Crippen molar-refractivity contribution in [2.24, 2.45) is 0 Å². The maximum Gasteiger partial charge on any atom is 0.310 e. The van der Waals surface area contributed by atoms with E-state index in [9.17, 15) is 0 Å². The smallest absolute Gasteiger partial charge is 0.310 e. The lowest BCUT2D eigenvalue weighted by Gasteiger charge is -2.26. The Balaban J connectivity index is 1.50. The Morgan fingerprint density at radius 1 is 0.600 bits per heavy atom. The summed E-state index contributed by atoms with van der Waals surface area (Å²) in [4.78, 5) is 0. The van der Waals surface area contributed by atoms with Gasteiger partial charge >= 0.3 is 8.16 Å². The summed E-state index contributed by atoms with van der Waals surface area (Å²) in [6.45, 7) is 4.75.